The van der Waals surface area contributed by atoms with Crippen molar-refractivity contribution in [2.45, 2.75) is 77.4 Å². The summed E-state index contributed by atoms with van der Waals surface area (Å²) in [5.41, 5.74) is 2.33. The summed E-state index contributed by atoms with van der Waals surface area (Å²) in [7, 11) is 0. The Hall–Kier alpha value is -1.55. The number of aldehydes is 1. The minimum Gasteiger partial charge on any atom is -0.395 e. The number of hydrogen-bond acceptors (Lipinski definition) is 8. The third-order valence-electron chi connectivity index (χ3n) is 2.19. The molecule has 0 aliphatic heterocycles. The fraction of sp³-hybridized carbons (Fsp3) is 0.708. The standard InChI is InChI=1S/C10H24N2O2.C10H15NO2.C4H8O/c1-3-9(7-13)11-5-6-12-10(4-2)8-14;1-2-10(8-12)13-11-9-6-4-3-5-7-9;1-2-3-4-5/h9-14H,3-8H2,1-2H3;3-7,10-12H,2,8H2,1H3;4H,2-3H2,1H3/t9-,10-;10-;/m01./s1/i1D3,2D3,3D2,4D2,5D2,6D2,7D2,8D2,9D,10D,13D,14D;1D3,2D2,8D2,10D;1D3,2D2,3D2,4D/hD2. The molecule has 0 unspecified atom stereocenters. The Bertz CT molecular complexity index is 1860. The molecular formula is C24H47N3O5. The van der Waals surface area contributed by atoms with E-state index in [2.05, 4.69) is 20.5 Å². The number of carbonyl (C=O) groups is 1. The molecule has 6 N–H and O–H groups in total. The summed E-state index contributed by atoms with van der Waals surface area (Å²) < 4.78 is 295. The van der Waals surface area contributed by atoms with Gasteiger partial charge in [0.05, 0.1) is 35.0 Å². The van der Waals surface area contributed by atoms with Crippen LogP contribution in [0.5, 0.6) is 0 Å². The molecule has 0 fully saturated rings. The first kappa shape index (κ1) is 5.64. The zero-order valence-electron chi connectivity index (χ0n) is 55.9. The van der Waals surface area contributed by atoms with Gasteiger partial charge >= 0.3 is 0 Å². The third kappa shape index (κ3) is 20.4. The lowest BCUT2D eigenvalue weighted by molar-refractivity contribution is -0.107. The molecule has 1 rings (SSSR count). The normalized spacial score (nSPS) is 40.6. The molecule has 0 amide bonds. The second kappa shape index (κ2) is 25.7. The highest BCUT2D eigenvalue weighted by Crippen LogP contribution is 2.06. The number of rotatable bonds is 18. The maximum atomic E-state index is 10.4. The average Bonchev–Trinajstić information content (AvgIpc) is 3.19. The zero-order chi connectivity index (χ0) is 59.2. The summed E-state index contributed by atoms with van der Waals surface area (Å²) in [5, 5.41) is 13.8. The van der Waals surface area contributed by atoms with Crippen LogP contribution in [0, 0.1) is 0 Å². The molecule has 0 radical (unpaired) electrons. The lowest BCUT2D eigenvalue weighted by Crippen LogP contribution is -2.40. The Morgan fingerprint density at radius 1 is 1.09 bits per heavy atom. The van der Waals surface area contributed by atoms with Gasteiger partial charge in [-0.05, 0) is 37.6 Å². The molecule has 0 heterocycles. The Morgan fingerprint density at radius 3 is 2.16 bits per heavy atom. The SMILES string of the molecule is [2H]C(=O)C([2H])([2H])C([2H])([2H])C([2H])([2H])[2H].[2H]C([2H])([2H])C([2H])([2H])[C@@]([2H])(ONc1ccccc1)C([2H])([2H])O.[2H]OC([2H])([2H])[C@@]([2H])(N([2H])C([2H])([2H])C([2H])([2H])N([2H])[C@]([2H])(C([2H])([2H])O[2H])C([2H])([2H])C([2H])([2H])[2H])C([2H])([2H])C([2H])([2H])[2H]. The number of benzene rings is 1. The minimum atomic E-state index is -4.66. The summed E-state index contributed by atoms with van der Waals surface area (Å²) >= 11 is 0. The second-order valence-corrected chi connectivity index (χ2v) is 4.09. The molecule has 0 saturated heterocycles. The van der Waals surface area contributed by atoms with Crippen LogP contribution in [0.1, 0.15) is 109 Å². The van der Waals surface area contributed by atoms with Gasteiger partial charge in [-0.25, -0.2) is 0 Å². The fourth-order valence-corrected chi connectivity index (χ4v) is 1.03. The number of hydrogen-bond donors (Lipinski definition) is 6. The van der Waals surface area contributed by atoms with Crippen molar-refractivity contribution in [2.24, 2.45) is 0 Å². The van der Waals surface area contributed by atoms with Crippen LogP contribution in [0.15, 0.2) is 30.3 Å². The van der Waals surface area contributed by atoms with Crippen LogP contribution in [0.4, 0.5) is 5.69 Å². The molecular weight excluding hydrogens is 410 g/mol. The number of para-hydroxylation sites is 1. The molecule has 8 heteroatoms. The average molecular weight is 498 g/mol. The predicted octanol–water partition coefficient (Wildman–Crippen LogP) is 2.49. The minimum absolute atomic E-state index is 0.236. The van der Waals surface area contributed by atoms with Gasteiger partial charge in [-0.3, -0.25) is 10.3 Å². The molecule has 8 nitrogen and oxygen atoms in total. The summed E-state index contributed by atoms with van der Waals surface area (Å²) in [6.07, 6.45) is -24.3. The van der Waals surface area contributed by atoms with Gasteiger partial charge in [0.1, 0.15) is 16.5 Å². The Labute approximate surface area is 251 Å². The number of aliphatic hydroxyl groups is 3. The highest BCUT2D eigenvalue weighted by molar-refractivity contribution is 5.48. The van der Waals surface area contributed by atoms with Crippen LogP contribution < -0.4 is 16.1 Å². The van der Waals surface area contributed by atoms with E-state index in [1.54, 1.807) is 18.2 Å². The molecule has 0 bridgehead atoms. The monoisotopic (exact) mass is 498 g/mol. The first-order valence-corrected chi connectivity index (χ1v) is 7.55. The first-order chi connectivity index (χ1) is 31.0. The van der Waals surface area contributed by atoms with Crippen molar-refractivity contribution in [3.63, 3.8) is 0 Å². The first-order valence-electron chi connectivity index (χ1n) is 27.3. The highest BCUT2D eigenvalue weighted by Gasteiger charge is 2.05. The largest absolute Gasteiger partial charge is 0.395 e. The maximum absolute atomic E-state index is 10.4. The lowest BCUT2D eigenvalue weighted by atomic mass is 10.2. The number of anilines is 1. The zero-order valence-corrected chi connectivity index (χ0v) is 15.9. The number of carbonyl (C=O) groups excluding carboxylic acids is 1. The van der Waals surface area contributed by atoms with Crippen LogP contribution in [0.25, 0.3) is 0 Å². The van der Waals surface area contributed by atoms with Gasteiger partial charge in [0.2, 0.25) is 2.86 Å². The molecule has 1 aromatic rings. The van der Waals surface area contributed by atoms with E-state index in [-0.39, 0.29) is 5.69 Å². The molecule has 0 spiro atoms. The fourth-order valence-electron chi connectivity index (χ4n) is 1.03. The molecule has 0 aliphatic rings. The smallest absolute Gasteiger partial charge is 0.210 e. The summed E-state index contributed by atoms with van der Waals surface area (Å²) in [5.74, 6) is 0. The van der Waals surface area contributed by atoms with Gasteiger partial charge in [-0.2, -0.15) is 0 Å². The van der Waals surface area contributed by atoms with Gasteiger partial charge in [0.25, 0.3) is 0 Å². The van der Waals surface area contributed by atoms with E-state index in [0.717, 1.165) is 0 Å². The van der Waals surface area contributed by atoms with Gasteiger partial charge in [0, 0.05) is 69.8 Å². The summed E-state index contributed by atoms with van der Waals surface area (Å²) in [6.45, 7) is -36.3. The Morgan fingerprint density at radius 2 is 1.72 bits per heavy atom. The van der Waals surface area contributed by atoms with Gasteiger partial charge in [0.15, 0.2) is 0 Å². The van der Waals surface area contributed by atoms with Crippen molar-refractivity contribution in [1.29, 1.82) is 2.86 Å². The quantitative estimate of drug-likeness (QED) is 0.135. The molecule has 32 heavy (non-hydrogen) atoms. The van der Waals surface area contributed by atoms with Crippen LogP contribution in [0.3, 0.4) is 0 Å². The van der Waals surface area contributed by atoms with Crippen molar-refractivity contribution in [1.82, 2.24) is 10.6 Å². The van der Waals surface area contributed by atoms with Crippen molar-refractivity contribution in [2.75, 3.05) is 38.2 Å². The lowest BCUT2D eigenvalue weighted by Gasteiger charge is -2.17. The molecule has 0 aliphatic carbocycles. The van der Waals surface area contributed by atoms with Crippen LogP contribution in [-0.4, -0.2) is 75.2 Å². The summed E-state index contributed by atoms with van der Waals surface area (Å²) in [4.78, 5) is 15.0. The van der Waals surface area contributed by atoms with E-state index in [4.69, 9.17) is 55.0 Å². The Balaban J connectivity index is 0. The van der Waals surface area contributed by atoms with Crippen LogP contribution >= 0.6 is 0 Å². The predicted molar refractivity (Wildman–Crippen MR) is 132 cm³/mol. The molecule has 0 saturated carbocycles. The third-order valence-corrected chi connectivity index (χ3v) is 2.19. The topological polar surface area (TPSA) is 123 Å². The van der Waals surface area contributed by atoms with Gasteiger partial charge < -0.3 is 30.7 Å². The summed E-state index contributed by atoms with van der Waals surface area (Å²) in [6, 6.07) is -1.37. The van der Waals surface area contributed by atoms with Crippen molar-refractivity contribution in [3.05, 3.63) is 30.3 Å². The molecule has 188 valence electrons. The Kier molecular flexibility index (Phi) is 4.53. The second-order valence-electron chi connectivity index (χ2n) is 4.09. The number of nitrogens with one attached hydrogen (secondary N) is 3. The van der Waals surface area contributed by atoms with Crippen molar-refractivity contribution in [3.8, 4) is 0 Å². The molecule has 3 atom stereocenters. The van der Waals surface area contributed by atoms with Crippen molar-refractivity contribution >= 4 is 11.9 Å². The van der Waals surface area contributed by atoms with E-state index in [0.29, 0.717) is 0 Å². The molecule has 0 aromatic heterocycles. The van der Waals surface area contributed by atoms with E-state index < -0.39 is 127 Å². The van der Waals surface area contributed by atoms with E-state index in [1.165, 1.54) is 12.1 Å². The maximum Gasteiger partial charge on any atom is 0.210 e. The van der Waals surface area contributed by atoms with E-state index in [9.17, 15) is 9.90 Å². The van der Waals surface area contributed by atoms with Gasteiger partial charge in [-0.15, -0.1) is 0 Å². The van der Waals surface area contributed by atoms with Gasteiger partial charge in [-0.1, -0.05) is 45.6 Å². The molecule has 1 aromatic carbocycles. The van der Waals surface area contributed by atoms with Crippen LogP contribution in [0.2, 0.25) is 2.82 Å². The van der Waals surface area contributed by atoms with Crippen LogP contribution in [-0.2, 0) is 9.63 Å². The highest BCUT2D eigenvalue weighted by atomic mass is 16.7. The van der Waals surface area contributed by atoms with E-state index >= 15 is 0 Å². The van der Waals surface area contributed by atoms with Crippen molar-refractivity contribution < 1.29 is 77.1 Å². The van der Waals surface area contributed by atoms with E-state index in [1.807, 2.05) is 0 Å².